The Bertz CT molecular complexity index is 947. The first-order chi connectivity index (χ1) is 16.9. The van der Waals surface area contributed by atoms with E-state index in [-0.39, 0.29) is 5.41 Å². The third-order valence-corrected chi connectivity index (χ3v) is 7.16. The van der Waals surface area contributed by atoms with Gasteiger partial charge >= 0.3 is 0 Å². The van der Waals surface area contributed by atoms with Crippen molar-refractivity contribution in [1.82, 2.24) is 20.3 Å². The van der Waals surface area contributed by atoms with Gasteiger partial charge in [-0.2, -0.15) is 0 Å². The maximum atomic E-state index is 14.7. The Balaban J connectivity index is 1.36. The lowest BCUT2D eigenvalue weighted by atomic mass is 9.82. The second-order valence-electron chi connectivity index (χ2n) is 10.3. The number of hydrogen-bond acceptors (Lipinski definition) is 8. The third-order valence-electron chi connectivity index (χ3n) is 7.16. The van der Waals surface area contributed by atoms with Crippen LogP contribution in [0.15, 0.2) is 24.5 Å². The summed E-state index contributed by atoms with van der Waals surface area (Å²) in [4.78, 5) is 13.2. The molecule has 9 heteroatoms. The van der Waals surface area contributed by atoms with E-state index in [9.17, 15) is 4.39 Å². The third kappa shape index (κ3) is 7.32. The molecule has 0 radical (unpaired) electrons. The number of aromatic nitrogens is 3. The van der Waals surface area contributed by atoms with Crippen molar-refractivity contribution in [3.8, 4) is 11.4 Å². The largest absolute Gasteiger partial charge is 0.383 e. The molecule has 192 valence electrons. The first-order valence-electron chi connectivity index (χ1n) is 12.8. The van der Waals surface area contributed by atoms with Gasteiger partial charge in [0.1, 0.15) is 11.6 Å². The molecule has 1 saturated carbocycles. The summed E-state index contributed by atoms with van der Waals surface area (Å²) in [5.74, 6) is 1.28. The van der Waals surface area contributed by atoms with E-state index in [1.807, 2.05) is 6.07 Å². The van der Waals surface area contributed by atoms with Crippen LogP contribution >= 0.6 is 0 Å². The van der Waals surface area contributed by atoms with Crippen LogP contribution in [0.25, 0.3) is 11.4 Å². The molecule has 1 aliphatic heterocycles. The van der Waals surface area contributed by atoms with Crippen LogP contribution in [-0.2, 0) is 9.47 Å². The summed E-state index contributed by atoms with van der Waals surface area (Å²) in [6.45, 7) is 7.49. The Morgan fingerprint density at radius 2 is 1.89 bits per heavy atom. The minimum atomic E-state index is -0.427. The van der Waals surface area contributed by atoms with Crippen LogP contribution in [0.2, 0.25) is 0 Å². The first-order valence-corrected chi connectivity index (χ1v) is 12.8. The topological polar surface area (TPSA) is 93.2 Å². The molecule has 4 rings (SSSR count). The minimum Gasteiger partial charge on any atom is -0.383 e. The number of anilines is 2. The molecular weight excluding hydrogens is 447 g/mol. The second kappa shape index (κ2) is 12.1. The van der Waals surface area contributed by atoms with Gasteiger partial charge in [0.05, 0.1) is 18.4 Å². The van der Waals surface area contributed by atoms with E-state index in [4.69, 9.17) is 9.47 Å². The maximum absolute atomic E-state index is 14.7. The summed E-state index contributed by atoms with van der Waals surface area (Å²) >= 11 is 0. The molecule has 2 aromatic rings. The minimum absolute atomic E-state index is 0.165. The molecule has 3 N–H and O–H groups in total. The van der Waals surface area contributed by atoms with Gasteiger partial charge in [-0.05, 0) is 63.0 Å². The Morgan fingerprint density at radius 3 is 2.63 bits per heavy atom. The Morgan fingerprint density at radius 1 is 1.14 bits per heavy atom. The molecule has 2 fully saturated rings. The fourth-order valence-corrected chi connectivity index (χ4v) is 4.93. The highest BCUT2D eigenvalue weighted by molar-refractivity contribution is 5.61. The average molecular weight is 487 g/mol. The summed E-state index contributed by atoms with van der Waals surface area (Å²) in [6.07, 6.45) is 9.18. The zero-order valence-electron chi connectivity index (χ0n) is 21.1. The average Bonchev–Trinajstić information content (AvgIpc) is 2.86. The molecule has 0 unspecified atom stereocenters. The lowest BCUT2D eigenvalue weighted by molar-refractivity contribution is 0.0300. The van der Waals surface area contributed by atoms with E-state index < -0.39 is 5.82 Å². The standard InChI is InChI=1S/C26H39FN6O2/c1-18(16-34-3)31-19-4-6-20(7-5-19)32-24-14-21(22(27)15-29-24)25-28-11-8-23(33-25)30-17-26(2)9-12-35-13-10-26/h8,11,14-15,18-20,31H,4-7,9-10,12-13,16-17H2,1-3H3,(H,29,32)(H,28,30,33)/t18-,19?,20?/m0/s1. The van der Waals surface area contributed by atoms with E-state index >= 15 is 0 Å². The lowest BCUT2D eigenvalue weighted by Gasteiger charge is -2.33. The highest BCUT2D eigenvalue weighted by atomic mass is 19.1. The predicted molar refractivity (Wildman–Crippen MR) is 136 cm³/mol. The monoisotopic (exact) mass is 486 g/mol. The second-order valence-corrected chi connectivity index (χ2v) is 10.3. The van der Waals surface area contributed by atoms with E-state index in [1.165, 1.54) is 6.20 Å². The van der Waals surface area contributed by atoms with Crippen LogP contribution in [0.4, 0.5) is 16.0 Å². The van der Waals surface area contributed by atoms with Crippen molar-refractivity contribution in [3.63, 3.8) is 0 Å². The number of halogens is 1. The summed E-state index contributed by atoms with van der Waals surface area (Å²) in [6, 6.07) is 4.71. The molecule has 2 aromatic heterocycles. The molecule has 1 atom stereocenters. The molecule has 35 heavy (non-hydrogen) atoms. The molecule has 0 aromatic carbocycles. The highest BCUT2D eigenvalue weighted by Gasteiger charge is 2.27. The molecule has 8 nitrogen and oxygen atoms in total. The van der Waals surface area contributed by atoms with Crippen molar-refractivity contribution in [2.75, 3.05) is 44.1 Å². The van der Waals surface area contributed by atoms with E-state index in [0.717, 1.165) is 58.3 Å². The van der Waals surface area contributed by atoms with Gasteiger partial charge < -0.3 is 25.4 Å². The zero-order chi connectivity index (χ0) is 24.7. The fraction of sp³-hybridized carbons (Fsp3) is 0.654. The van der Waals surface area contributed by atoms with E-state index in [2.05, 4.69) is 44.7 Å². The van der Waals surface area contributed by atoms with Gasteiger partial charge in [-0.3, -0.25) is 0 Å². The molecule has 0 amide bonds. The summed E-state index contributed by atoms with van der Waals surface area (Å²) < 4.78 is 25.4. The Kier molecular flexibility index (Phi) is 8.86. The van der Waals surface area contributed by atoms with Crippen molar-refractivity contribution in [2.45, 2.75) is 70.5 Å². The van der Waals surface area contributed by atoms with Crippen molar-refractivity contribution in [2.24, 2.45) is 5.41 Å². The van der Waals surface area contributed by atoms with Gasteiger partial charge in [0.15, 0.2) is 11.6 Å². The molecule has 3 heterocycles. The summed E-state index contributed by atoms with van der Waals surface area (Å²) in [7, 11) is 1.73. The normalized spacial score (nSPS) is 23.0. The van der Waals surface area contributed by atoms with Crippen LogP contribution in [0, 0.1) is 11.2 Å². The number of nitrogens with one attached hydrogen (secondary N) is 3. The zero-order valence-corrected chi connectivity index (χ0v) is 21.1. The van der Waals surface area contributed by atoms with E-state index in [0.29, 0.717) is 47.8 Å². The Hall–Kier alpha value is -2.36. The van der Waals surface area contributed by atoms with Crippen LogP contribution in [-0.4, -0.2) is 66.6 Å². The molecule has 1 saturated heterocycles. The molecule has 0 spiro atoms. The van der Waals surface area contributed by atoms with Crippen molar-refractivity contribution in [1.29, 1.82) is 0 Å². The summed E-state index contributed by atoms with van der Waals surface area (Å²) in [5.41, 5.74) is 0.519. The van der Waals surface area contributed by atoms with Crippen LogP contribution in [0.3, 0.4) is 0 Å². The first kappa shape index (κ1) is 25.7. The van der Waals surface area contributed by atoms with Crippen molar-refractivity contribution < 1.29 is 13.9 Å². The quantitative estimate of drug-likeness (QED) is 0.459. The van der Waals surface area contributed by atoms with Crippen LogP contribution in [0.1, 0.15) is 52.4 Å². The number of methoxy groups -OCH3 is 1. The van der Waals surface area contributed by atoms with E-state index in [1.54, 1.807) is 19.4 Å². The lowest BCUT2D eigenvalue weighted by Crippen LogP contribution is -2.42. The summed E-state index contributed by atoms with van der Waals surface area (Å²) in [5, 5.41) is 10.5. The molecule has 2 aliphatic rings. The molecular formula is C26H39FN6O2. The van der Waals surface area contributed by atoms with Gasteiger partial charge in [-0.25, -0.2) is 19.3 Å². The SMILES string of the molecule is COC[C@H](C)NC1CCC(Nc2cc(-c3nccc(NCC4(C)CCOCC4)n3)c(F)cn2)CC1. The van der Waals surface area contributed by atoms with Gasteiger partial charge in [-0.1, -0.05) is 6.92 Å². The predicted octanol–water partition coefficient (Wildman–Crippen LogP) is 4.25. The highest BCUT2D eigenvalue weighted by Crippen LogP contribution is 2.30. The van der Waals surface area contributed by atoms with Gasteiger partial charge in [0.2, 0.25) is 0 Å². The van der Waals surface area contributed by atoms with Crippen LogP contribution in [0.5, 0.6) is 0 Å². The van der Waals surface area contributed by atoms with Crippen molar-refractivity contribution in [3.05, 3.63) is 30.3 Å². The van der Waals surface area contributed by atoms with Gasteiger partial charge in [0, 0.05) is 51.2 Å². The number of pyridine rings is 1. The Labute approximate surface area is 207 Å². The number of hydrogen-bond donors (Lipinski definition) is 3. The van der Waals surface area contributed by atoms with Crippen LogP contribution < -0.4 is 16.0 Å². The fourth-order valence-electron chi connectivity index (χ4n) is 4.93. The number of ether oxygens (including phenoxy) is 2. The maximum Gasteiger partial charge on any atom is 0.164 e. The smallest absolute Gasteiger partial charge is 0.164 e. The number of rotatable bonds is 10. The van der Waals surface area contributed by atoms with Gasteiger partial charge in [-0.15, -0.1) is 0 Å². The van der Waals surface area contributed by atoms with Gasteiger partial charge in [0.25, 0.3) is 0 Å². The molecule has 0 bridgehead atoms. The van der Waals surface area contributed by atoms with Crippen molar-refractivity contribution >= 4 is 11.6 Å². The number of nitrogens with zero attached hydrogens (tertiary/aromatic N) is 3. The molecule has 1 aliphatic carbocycles.